The van der Waals surface area contributed by atoms with Gasteiger partial charge in [-0.2, -0.15) is 0 Å². The molecule has 1 heterocycles. The Labute approximate surface area is 181 Å². The molecule has 0 radical (unpaired) electrons. The average Bonchev–Trinajstić information content (AvgIpc) is 3.60. The maximum absolute atomic E-state index is 12.7. The summed E-state index contributed by atoms with van der Waals surface area (Å²) in [5.74, 6) is 1.30. The van der Waals surface area contributed by atoms with Crippen molar-refractivity contribution in [2.75, 3.05) is 25.5 Å². The van der Waals surface area contributed by atoms with Crippen LogP contribution in [-0.4, -0.2) is 43.1 Å². The van der Waals surface area contributed by atoms with Gasteiger partial charge in [0.15, 0.2) is 0 Å². The van der Waals surface area contributed by atoms with Gasteiger partial charge < -0.3 is 20.3 Å². The van der Waals surface area contributed by atoms with Crippen LogP contribution >= 0.6 is 11.6 Å². The van der Waals surface area contributed by atoms with Gasteiger partial charge in [0.25, 0.3) is 0 Å². The predicted molar refractivity (Wildman–Crippen MR) is 117 cm³/mol. The van der Waals surface area contributed by atoms with Crippen molar-refractivity contribution in [2.24, 2.45) is 5.92 Å². The number of benzene rings is 2. The maximum atomic E-state index is 12.7. The first-order valence-corrected chi connectivity index (χ1v) is 10.7. The summed E-state index contributed by atoms with van der Waals surface area (Å²) < 4.78 is 5.26. The molecule has 7 heteroatoms. The molecule has 3 amide bonds. The molecule has 0 aromatic heterocycles. The van der Waals surface area contributed by atoms with Gasteiger partial charge in [0.1, 0.15) is 5.75 Å². The van der Waals surface area contributed by atoms with Gasteiger partial charge in [-0.25, -0.2) is 4.79 Å². The number of ether oxygens (including phenoxy) is 1. The molecule has 2 atom stereocenters. The fraction of sp³-hybridized carbons (Fsp3) is 0.391. The van der Waals surface area contributed by atoms with Crippen LogP contribution < -0.4 is 15.4 Å². The van der Waals surface area contributed by atoms with E-state index in [1.165, 1.54) is 0 Å². The van der Waals surface area contributed by atoms with Gasteiger partial charge >= 0.3 is 6.03 Å². The number of nitrogens with one attached hydrogen (secondary N) is 2. The van der Waals surface area contributed by atoms with Crippen LogP contribution in [0.15, 0.2) is 48.5 Å². The molecule has 158 valence electrons. The summed E-state index contributed by atoms with van der Waals surface area (Å²) in [6.07, 6.45) is 2.76. The zero-order chi connectivity index (χ0) is 21.1. The minimum atomic E-state index is -0.290. The van der Waals surface area contributed by atoms with E-state index in [9.17, 15) is 9.59 Å². The van der Waals surface area contributed by atoms with Crippen LogP contribution in [0.2, 0.25) is 5.02 Å². The molecule has 1 saturated carbocycles. The van der Waals surface area contributed by atoms with Gasteiger partial charge in [0, 0.05) is 35.6 Å². The zero-order valence-corrected chi connectivity index (χ0v) is 17.7. The molecule has 1 aliphatic heterocycles. The highest BCUT2D eigenvalue weighted by atomic mass is 35.5. The van der Waals surface area contributed by atoms with Crippen LogP contribution in [0.3, 0.4) is 0 Å². The lowest BCUT2D eigenvalue weighted by atomic mass is 9.85. The van der Waals surface area contributed by atoms with E-state index in [-0.39, 0.29) is 29.8 Å². The Hall–Kier alpha value is -2.73. The first kappa shape index (κ1) is 20.5. The summed E-state index contributed by atoms with van der Waals surface area (Å²) in [6.45, 7) is 1.23. The van der Waals surface area contributed by atoms with Crippen LogP contribution in [0.1, 0.15) is 30.7 Å². The standard InChI is InChI=1S/C23H26ClN3O3/c1-30-19-10-4-15(5-11-19)20-12-13-27(22(28)16-2-3-16)14-21(20)26-23(29)25-18-8-6-17(24)7-9-18/h4-11,16,20-21H,2-3,12-14H2,1H3,(H2,25,26,29)/t20-,21+/m1/s1. The van der Waals surface area contributed by atoms with Crippen molar-refractivity contribution in [3.05, 3.63) is 59.1 Å². The number of halogens is 1. The Bertz CT molecular complexity index is 897. The van der Waals surface area contributed by atoms with E-state index in [0.717, 1.165) is 30.6 Å². The van der Waals surface area contributed by atoms with Crippen molar-refractivity contribution in [1.82, 2.24) is 10.2 Å². The molecule has 2 fully saturated rings. The second kappa shape index (κ2) is 8.96. The summed E-state index contributed by atoms with van der Waals surface area (Å²) in [4.78, 5) is 27.2. The number of hydrogen-bond donors (Lipinski definition) is 2. The van der Waals surface area contributed by atoms with Crippen LogP contribution in [0.25, 0.3) is 0 Å². The fourth-order valence-corrected chi connectivity index (χ4v) is 4.13. The fourth-order valence-electron chi connectivity index (χ4n) is 4.01. The maximum Gasteiger partial charge on any atom is 0.319 e. The molecule has 2 N–H and O–H groups in total. The molecule has 0 bridgehead atoms. The molecule has 0 unspecified atom stereocenters. The summed E-state index contributed by atoms with van der Waals surface area (Å²) in [5.41, 5.74) is 1.80. The van der Waals surface area contributed by atoms with Crippen LogP contribution in [0.5, 0.6) is 5.75 Å². The van der Waals surface area contributed by atoms with Crippen molar-refractivity contribution in [2.45, 2.75) is 31.2 Å². The Morgan fingerprint density at radius 2 is 1.73 bits per heavy atom. The molecule has 4 rings (SSSR count). The number of carbonyl (C=O) groups excluding carboxylic acids is 2. The summed E-state index contributed by atoms with van der Waals surface area (Å²) in [5, 5.41) is 6.56. The molecule has 6 nitrogen and oxygen atoms in total. The highest BCUT2D eigenvalue weighted by molar-refractivity contribution is 6.30. The summed E-state index contributed by atoms with van der Waals surface area (Å²) in [6, 6.07) is 14.4. The lowest BCUT2D eigenvalue weighted by molar-refractivity contribution is -0.134. The van der Waals surface area contributed by atoms with Gasteiger partial charge in [-0.3, -0.25) is 4.79 Å². The first-order valence-electron chi connectivity index (χ1n) is 10.3. The van der Waals surface area contributed by atoms with Gasteiger partial charge in [-0.15, -0.1) is 0 Å². The van der Waals surface area contributed by atoms with E-state index in [4.69, 9.17) is 16.3 Å². The van der Waals surface area contributed by atoms with Gasteiger partial charge in [-0.1, -0.05) is 23.7 Å². The zero-order valence-electron chi connectivity index (χ0n) is 16.9. The Balaban J connectivity index is 1.48. The third-order valence-corrected chi connectivity index (χ3v) is 6.07. The number of rotatable bonds is 5. The van der Waals surface area contributed by atoms with Crippen molar-refractivity contribution in [1.29, 1.82) is 0 Å². The molecule has 0 spiro atoms. The number of hydrogen-bond acceptors (Lipinski definition) is 3. The molecule has 2 aromatic rings. The Kier molecular flexibility index (Phi) is 6.13. The highest BCUT2D eigenvalue weighted by Gasteiger charge is 2.39. The SMILES string of the molecule is COc1ccc([C@H]2CCN(C(=O)C3CC3)C[C@@H]2NC(=O)Nc2ccc(Cl)cc2)cc1. The number of amides is 3. The number of methoxy groups -OCH3 is 1. The normalized spacial score (nSPS) is 21.1. The molecule has 30 heavy (non-hydrogen) atoms. The minimum Gasteiger partial charge on any atom is -0.497 e. The largest absolute Gasteiger partial charge is 0.497 e. The quantitative estimate of drug-likeness (QED) is 0.748. The van der Waals surface area contributed by atoms with Crippen LogP contribution in [0.4, 0.5) is 10.5 Å². The number of nitrogens with zero attached hydrogens (tertiary/aromatic N) is 1. The van der Waals surface area contributed by atoms with E-state index in [2.05, 4.69) is 10.6 Å². The van der Waals surface area contributed by atoms with Crippen LogP contribution in [0, 0.1) is 5.92 Å². The van der Waals surface area contributed by atoms with E-state index in [0.29, 0.717) is 23.8 Å². The average molecular weight is 428 g/mol. The molecule has 2 aromatic carbocycles. The highest BCUT2D eigenvalue weighted by Crippen LogP contribution is 2.35. The van der Waals surface area contributed by atoms with Gasteiger partial charge in [0.2, 0.25) is 5.91 Å². The van der Waals surface area contributed by atoms with E-state index < -0.39 is 0 Å². The number of anilines is 1. The smallest absolute Gasteiger partial charge is 0.319 e. The molecular weight excluding hydrogens is 402 g/mol. The molecular formula is C23H26ClN3O3. The molecule has 1 aliphatic carbocycles. The topological polar surface area (TPSA) is 70.7 Å². The third kappa shape index (κ3) is 4.87. The number of urea groups is 1. The van der Waals surface area contributed by atoms with Crippen LogP contribution in [-0.2, 0) is 4.79 Å². The molecule has 2 aliphatic rings. The van der Waals surface area contributed by atoms with Crippen molar-refractivity contribution >= 4 is 29.2 Å². The monoisotopic (exact) mass is 427 g/mol. The summed E-state index contributed by atoms with van der Waals surface area (Å²) in [7, 11) is 1.64. The predicted octanol–water partition coefficient (Wildman–Crippen LogP) is 4.26. The lowest BCUT2D eigenvalue weighted by Crippen LogP contribution is -2.54. The van der Waals surface area contributed by atoms with Crippen molar-refractivity contribution in [3.63, 3.8) is 0 Å². The second-order valence-corrected chi connectivity index (χ2v) is 8.38. The van der Waals surface area contributed by atoms with E-state index >= 15 is 0 Å². The second-order valence-electron chi connectivity index (χ2n) is 7.94. The third-order valence-electron chi connectivity index (χ3n) is 5.81. The van der Waals surface area contributed by atoms with Gasteiger partial charge in [0.05, 0.1) is 13.2 Å². The van der Waals surface area contributed by atoms with Crippen molar-refractivity contribution in [3.8, 4) is 5.75 Å². The Morgan fingerprint density at radius 3 is 2.37 bits per heavy atom. The van der Waals surface area contributed by atoms with Gasteiger partial charge in [-0.05, 0) is 61.2 Å². The lowest BCUT2D eigenvalue weighted by Gasteiger charge is -2.39. The minimum absolute atomic E-state index is 0.120. The first-order chi connectivity index (χ1) is 14.5. The van der Waals surface area contributed by atoms with E-state index in [1.54, 1.807) is 31.4 Å². The number of piperidine rings is 1. The van der Waals surface area contributed by atoms with Crippen molar-refractivity contribution < 1.29 is 14.3 Å². The summed E-state index contributed by atoms with van der Waals surface area (Å²) >= 11 is 5.91. The van der Waals surface area contributed by atoms with E-state index in [1.807, 2.05) is 29.2 Å². The molecule has 1 saturated heterocycles. The Morgan fingerprint density at radius 1 is 1.03 bits per heavy atom. The number of likely N-dealkylation sites (tertiary alicyclic amines) is 1. The number of carbonyl (C=O) groups is 2.